The molecule has 1 nitrogen and oxygen atoms in total. The van der Waals surface area contributed by atoms with Crippen LogP contribution in [-0.2, 0) is 4.57 Å². The summed E-state index contributed by atoms with van der Waals surface area (Å²) in [4.78, 5) is 0. The third-order valence-corrected chi connectivity index (χ3v) is 13.6. The molecule has 0 atom stereocenters. The summed E-state index contributed by atoms with van der Waals surface area (Å²) in [5, 5.41) is 16.8. The normalized spacial score (nSPS) is 12.1. The van der Waals surface area contributed by atoms with Crippen LogP contribution in [0.3, 0.4) is 0 Å². The molecule has 10 aromatic carbocycles. The molecule has 2 heteroatoms. The van der Waals surface area contributed by atoms with E-state index in [4.69, 9.17) is 0 Å². The second-order valence-corrected chi connectivity index (χ2v) is 15.8. The zero-order valence-electron chi connectivity index (χ0n) is 27.3. The van der Waals surface area contributed by atoms with E-state index < -0.39 is 7.14 Å². The van der Waals surface area contributed by atoms with E-state index in [1.165, 1.54) is 54.2 Å². The van der Waals surface area contributed by atoms with Gasteiger partial charge in [-0.25, -0.2) is 0 Å². The van der Waals surface area contributed by atoms with Crippen LogP contribution in [-0.4, -0.2) is 0 Å². The second-order valence-electron chi connectivity index (χ2n) is 13.1. The van der Waals surface area contributed by atoms with E-state index in [0.29, 0.717) is 0 Å². The lowest BCUT2D eigenvalue weighted by Gasteiger charge is -2.26. The Labute approximate surface area is 290 Å². The largest absolute Gasteiger partial charge is 0.309 e. The van der Waals surface area contributed by atoms with Gasteiger partial charge in [-0.3, -0.25) is 0 Å². The molecule has 0 amide bonds. The molecular weight excluding hydrogens is 624 g/mol. The van der Waals surface area contributed by atoms with Gasteiger partial charge < -0.3 is 4.57 Å². The van der Waals surface area contributed by atoms with Crippen LogP contribution in [0.1, 0.15) is 0 Å². The van der Waals surface area contributed by atoms with Gasteiger partial charge in [0.1, 0.15) is 0 Å². The zero-order chi connectivity index (χ0) is 33.2. The van der Waals surface area contributed by atoms with E-state index in [0.717, 1.165) is 37.5 Å². The predicted octanol–water partition coefficient (Wildman–Crippen LogP) is 11.9. The Morgan fingerprint density at radius 2 is 0.640 bits per heavy atom. The first-order valence-corrected chi connectivity index (χ1v) is 18.8. The summed E-state index contributed by atoms with van der Waals surface area (Å²) < 4.78 is 16.2. The molecule has 0 aliphatic heterocycles. The van der Waals surface area contributed by atoms with Gasteiger partial charge in [-0.05, 0) is 81.8 Å². The van der Waals surface area contributed by atoms with Crippen LogP contribution in [0.4, 0.5) is 0 Å². The molecule has 0 bridgehead atoms. The SMILES string of the molecule is O=P(c1ccccc1)(c1ccccc1)c1c2ccccc2c(-c2cc3c4ccccc4c4ccccc4c3c3ccccc23)c2ccccc12. The summed E-state index contributed by atoms with van der Waals surface area (Å²) in [6, 6.07) is 66.2. The maximum Gasteiger partial charge on any atom is 0.172 e. The fourth-order valence-electron chi connectivity index (χ4n) is 8.39. The minimum absolute atomic E-state index is 0.837. The standard InChI is InChI=1S/C48H31OP/c49-50(32-17-3-1-4-18-32,33-19-5-2-6-20-33)48-42-29-15-13-27-40(42)47(41-28-14-16-30-43(41)48)45-31-44-36-23-8-7-21-34(36)35-22-9-11-25-38(35)46(44)39-26-12-10-24-37(39)45/h1-31H. The molecule has 0 radical (unpaired) electrons. The van der Waals surface area contributed by atoms with Crippen molar-refractivity contribution in [1.29, 1.82) is 0 Å². The first kappa shape index (κ1) is 29.0. The summed E-state index contributed by atoms with van der Waals surface area (Å²) in [7, 11) is -3.33. The molecule has 50 heavy (non-hydrogen) atoms. The third kappa shape index (κ3) is 4.11. The minimum atomic E-state index is -3.33. The lowest BCUT2D eigenvalue weighted by Crippen LogP contribution is -2.26. The third-order valence-electron chi connectivity index (χ3n) is 10.5. The Kier molecular flexibility index (Phi) is 6.53. The lowest BCUT2D eigenvalue weighted by molar-refractivity contribution is 0.593. The van der Waals surface area contributed by atoms with Crippen LogP contribution in [0.2, 0.25) is 0 Å². The van der Waals surface area contributed by atoms with Crippen molar-refractivity contribution < 1.29 is 4.57 Å². The number of rotatable bonds is 4. The second kappa shape index (κ2) is 11.3. The zero-order valence-corrected chi connectivity index (χ0v) is 28.1. The fraction of sp³-hybridized carbons (Fsp3) is 0. The monoisotopic (exact) mass is 654 g/mol. The molecular formula is C48H31OP. The molecule has 0 aliphatic rings. The van der Waals surface area contributed by atoms with Gasteiger partial charge in [-0.15, -0.1) is 0 Å². The maximum atomic E-state index is 16.2. The summed E-state index contributed by atoms with van der Waals surface area (Å²) in [6.45, 7) is 0. The molecule has 0 spiro atoms. The van der Waals surface area contributed by atoms with E-state index in [-0.39, 0.29) is 0 Å². The van der Waals surface area contributed by atoms with E-state index in [1.807, 2.05) is 60.7 Å². The van der Waals surface area contributed by atoms with Crippen molar-refractivity contribution in [2.24, 2.45) is 0 Å². The number of benzene rings is 10. The van der Waals surface area contributed by atoms with Gasteiger partial charge in [0.2, 0.25) is 0 Å². The highest BCUT2D eigenvalue weighted by atomic mass is 31.2. The van der Waals surface area contributed by atoms with Crippen molar-refractivity contribution in [3.63, 3.8) is 0 Å². The average molecular weight is 655 g/mol. The van der Waals surface area contributed by atoms with Crippen LogP contribution in [0.5, 0.6) is 0 Å². The van der Waals surface area contributed by atoms with Gasteiger partial charge >= 0.3 is 0 Å². The Bertz CT molecular complexity index is 2900. The highest BCUT2D eigenvalue weighted by Gasteiger charge is 2.34. The fourth-order valence-corrected chi connectivity index (χ4v) is 11.5. The Hall–Kier alpha value is -6.01. The molecule has 0 aliphatic carbocycles. The van der Waals surface area contributed by atoms with Gasteiger partial charge in [0.25, 0.3) is 0 Å². The number of hydrogen-bond donors (Lipinski definition) is 0. The quantitative estimate of drug-likeness (QED) is 0.105. The van der Waals surface area contributed by atoms with Gasteiger partial charge in [-0.1, -0.05) is 182 Å². The summed E-state index contributed by atoms with van der Waals surface area (Å²) in [6.07, 6.45) is 0. The number of hydrogen-bond acceptors (Lipinski definition) is 1. The van der Waals surface area contributed by atoms with E-state index >= 15 is 4.57 Å². The van der Waals surface area contributed by atoms with Crippen molar-refractivity contribution in [3.8, 4) is 11.1 Å². The molecule has 234 valence electrons. The summed E-state index contributed by atoms with van der Waals surface area (Å²) in [5.74, 6) is 0. The Morgan fingerprint density at radius 1 is 0.300 bits per heavy atom. The molecule has 0 aromatic heterocycles. The van der Waals surface area contributed by atoms with Crippen molar-refractivity contribution in [2.45, 2.75) is 0 Å². The van der Waals surface area contributed by atoms with E-state index in [2.05, 4.69) is 127 Å². The summed E-state index contributed by atoms with van der Waals surface area (Å²) >= 11 is 0. The Balaban J connectivity index is 1.42. The predicted molar refractivity (Wildman–Crippen MR) is 216 cm³/mol. The van der Waals surface area contributed by atoms with Crippen molar-refractivity contribution >= 4 is 87.7 Å². The molecule has 0 saturated carbocycles. The van der Waals surface area contributed by atoms with Crippen molar-refractivity contribution in [2.75, 3.05) is 0 Å². The molecule has 0 N–H and O–H groups in total. The molecule has 0 unspecified atom stereocenters. The van der Waals surface area contributed by atoms with Gasteiger partial charge in [0.15, 0.2) is 7.14 Å². The van der Waals surface area contributed by atoms with Gasteiger partial charge in [-0.2, -0.15) is 0 Å². The van der Waals surface area contributed by atoms with Crippen LogP contribution in [0.25, 0.3) is 75.8 Å². The molecule has 10 aromatic rings. The van der Waals surface area contributed by atoms with E-state index in [9.17, 15) is 0 Å². The lowest BCUT2D eigenvalue weighted by atomic mass is 9.85. The molecule has 0 fully saturated rings. The van der Waals surface area contributed by atoms with Gasteiger partial charge in [0.05, 0.1) is 0 Å². The van der Waals surface area contributed by atoms with E-state index in [1.54, 1.807) is 0 Å². The number of fused-ring (bicyclic) bond motifs is 10. The maximum absolute atomic E-state index is 16.2. The highest BCUT2D eigenvalue weighted by Crippen LogP contribution is 2.51. The van der Waals surface area contributed by atoms with Crippen LogP contribution >= 0.6 is 7.14 Å². The van der Waals surface area contributed by atoms with Crippen molar-refractivity contribution in [1.82, 2.24) is 0 Å². The van der Waals surface area contributed by atoms with Gasteiger partial charge in [0, 0.05) is 15.9 Å². The average Bonchev–Trinajstić information content (AvgIpc) is 3.20. The smallest absolute Gasteiger partial charge is 0.172 e. The first-order chi connectivity index (χ1) is 24.7. The molecule has 0 heterocycles. The molecule has 0 saturated heterocycles. The van der Waals surface area contributed by atoms with Crippen LogP contribution in [0.15, 0.2) is 188 Å². The van der Waals surface area contributed by atoms with Crippen LogP contribution < -0.4 is 15.9 Å². The van der Waals surface area contributed by atoms with Crippen LogP contribution in [0, 0.1) is 0 Å². The molecule has 10 rings (SSSR count). The minimum Gasteiger partial charge on any atom is -0.309 e. The highest BCUT2D eigenvalue weighted by molar-refractivity contribution is 7.86. The first-order valence-electron chi connectivity index (χ1n) is 17.1. The Morgan fingerprint density at radius 3 is 1.14 bits per heavy atom. The topological polar surface area (TPSA) is 17.1 Å². The summed E-state index contributed by atoms with van der Waals surface area (Å²) in [5.41, 5.74) is 2.35. The van der Waals surface area contributed by atoms with Crippen molar-refractivity contribution in [3.05, 3.63) is 188 Å².